The zero-order valence-electron chi connectivity index (χ0n) is 9.34. The fraction of sp³-hybridized carbons (Fsp3) is 0.364. The Hall–Kier alpha value is -1.26. The normalized spacial score (nSPS) is 10.0. The maximum atomic E-state index is 11.7. The first-order valence-corrected chi connectivity index (χ1v) is 5.30. The van der Waals surface area contributed by atoms with Gasteiger partial charge in [-0.05, 0) is 24.6 Å². The zero-order chi connectivity index (χ0) is 12.1. The Morgan fingerprint density at radius 3 is 2.81 bits per heavy atom. The van der Waals surface area contributed by atoms with Crippen LogP contribution < -0.4 is 15.8 Å². The van der Waals surface area contributed by atoms with Crippen LogP contribution in [-0.2, 0) is 0 Å². The smallest absolute Gasteiger partial charge is 0.255 e. The van der Waals surface area contributed by atoms with Gasteiger partial charge in [0.1, 0.15) is 5.75 Å². The molecule has 0 saturated heterocycles. The molecule has 4 nitrogen and oxygen atoms in total. The van der Waals surface area contributed by atoms with Gasteiger partial charge in [-0.15, -0.1) is 0 Å². The van der Waals surface area contributed by atoms with Gasteiger partial charge in [0.2, 0.25) is 0 Å². The van der Waals surface area contributed by atoms with E-state index in [1.807, 2.05) is 6.92 Å². The van der Waals surface area contributed by atoms with Crippen molar-refractivity contribution < 1.29 is 9.53 Å². The number of ether oxygens (including phenoxy) is 1. The van der Waals surface area contributed by atoms with Gasteiger partial charge >= 0.3 is 0 Å². The van der Waals surface area contributed by atoms with E-state index in [4.69, 9.17) is 22.1 Å². The second-order valence-corrected chi connectivity index (χ2v) is 3.75. The Kier molecular flexibility index (Phi) is 4.58. The summed E-state index contributed by atoms with van der Waals surface area (Å²) in [6.07, 6.45) is 0. The number of nitrogens with one attached hydrogen (secondary N) is 1. The number of hydrogen-bond donors (Lipinski definition) is 2. The van der Waals surface area contributed by atoms with Crippen molar-refractivity contribution in [1.29, 1.82) is 0 Å². The number of halogens is 1. The number of methoxy groups -OCH3 is 1. The highest BCUT2D eigenvalue weighted by Gasteiger charge is 2.13. The third-order valence-corrected chi connectivity index (χ3v) is 2.56. The third kappa shape index (κ3) is 2.87. The van der Waals surface area contributed by atoms with Crippen LogP contribution in [0.2, 0.25) is 5.02 Å². The highest BCUT2D eigenvalue weighted by atomic mass is 35.5. The summed E-state index contributed by atoms with van der Waals surface area (Å²) < 4.78 is 5.13. The molecule has 0 radical (unpaired) electrons. The van der Waals surface area contributed by atoms with Crippen LogP contribution in [-0.4, -0.2) is 26.1 Å². The molecule has 3 N–H and O–H groups in total. The third-order valence-electron chi connectivity index (χ3n) is 2.16. The molecule has 0 bridgehead atoms. The van der Waals surface area contributed by atoms with Gasteiger partial charge in [0.05, 0.1) is 12.7 Å². The van der Waals surface area contributed by atoms with Crippen LogP contribution in [0.3, 0.4) is 0 Å². The summed E-state index contributed by atoms with van der Waals surface area (Å²) in [7, 11) is 1.52. The van der Waals surface area contributed by atoms with Crippen LogP contribution in [0.25, 0.3) is 0 Å². The van der Waals surface area contributed by atoms with Crippen LogP contribution in [0, 0.1) is 6.92 Å². The van der Waals surface area contributed by atoms with Gasteiger partial charge < -0.3 is 15.8 Å². The number of hydrogen-bond acceptors (Lipinski definition) is 3. The summed E-state index contributed by atoms with van der Waals surface area (Å²) in [6, 6.07) is 3.33. The Balaban J connectivity index is 3.02. The lowest BCUT2D eigenvalue weighted by Gasteiger charge is -2.10. The molecule has 0 aliphatic rings. The standard InChI is InChI=1S/C11H15ClN2O2/c1-7-5-10(16-2)8(6-9(7)12)11(15)14-4-3-13/h5-6H,3-4,13H2,1-2H3,(H,14,15). The van der Waals surface area contributed by atoms with Gasteiger partial charge in [-0.3, -0.25) is 4.79 Å². The summed E-state index contributed by atoms with van der Waals surface area (Å²) in [5, 5.41) is 3.21. The number of carbonyl (C=O) groups is 1. The lowest BCUT2D eigenvalue weighted by atomic mass is 10.1. The molecular weight excluding hydrogens is 228 g/mol. The Morgan fingerprint density at radius 1 is 1.56 bits per heavy atom. The average Bonchev–Trinajstić information content (AvgIpc) is 2.28. The van der Waals surface area contributed by atoms with E-state index < -0.39 is 0 Å². The van der Waals surface area contributed by atoms with Crippen molar-refractivity contribution in [2.75, 3.05) is 20.2 Å². The Morgan fingerprint density at radius 2 is 2.25 bits per heavy atom. The molecule has 1 aromatic carbocycles. The molecule has 1 aromatic rings. The highest BCUT2D eigenvalue weighted by Crippen LogP contribution is 2.26. The molecule has 0 spiro atoms. The highest BCUT2D eigenvalue weighted by molar-refractivity contribution is 6.31. The molecule has 0 fully saturated rings. The second-order valence-electron chi connectivity index (χ2n) is 3.35. The van der Waals surface area contributed by atoms with Crippen molar-refractivity contribution in [2.45, 2.75) is 6.92 Å². The van der Waals surface area contributed by atoms with Crippen molar-refractivity contribution in [3.63, 3.8) is 0 Å². The molecule has 0 aliphatic carbocycles. The first kappa shape index (κ1) is 12.8. The van der Waals surface area contributed by atoms with Crippen LogP contribution in [0.1, 0.15) is 15.9 Å². The monoisotopic (exact) mass is 242 g/mol. The van der Waals surface area contributed by atoms with Crippen molar-refractivity contribution in [3.8, 4) is 5.75 Å². The summed E-state index contributed by atoms with van der Waals surface area (Å²) in [5.74, 6) is 0.278. The predicted octanol–water partition coefficient (Wildman–Crippen LogP) is 1.35. The summed E-state index contributed by atoms with van der Waals surface area (Å²) in [6.45, 7) is 2.67. The largest absolute Gasteiger partial charge is 0.496 e. The molecule has 0 heterocycles. The molecule has 0 aromatic heterocycles. The van der Waals surface area contributed by atoms with E-state index in [9.17, 15) is 4.79 Å². The molecular formula is C11H15ClN2O2. The first-order chi connectivity index (χ1) is 7.60. The van der Waals surface area contributed by atoms with Gasteiger partial charge in [-0.25, -0.2) is 0 Å². The lowest BCUT2D eigenvalue weighted by Crippen LogP contribution is -2.29. The Labute approximate surface area is 99.7 Å². The van der Waals surface area contributed by atoms with Crippen LogP contribution in [0.4, 0.5) is 0 Å². The van der Waals surface area contributed by atoms with E-state index in [1.165, 1.54) is 7.11 Å². The zero-order valence-corrected chi connectivity index (χ0v) is 10.1. The minimum absolute atomic E-state index is 0.232. The molecule has 88 valence electrons. The number of benzene rings is 1. The van der Waals surface area contributed by atoms with E-state index in [2.05, 4.69) is 5.32 Å². The van der Waals surface area contributed by atoms with Crippen molar-refractivity contribution in [3.05, 3.63) is 28.3 Å². The SMILES string of the molecule is COc1cc(C)c(Cl)cc1C(=O)NCCN. The van der Waals surface area contributed by atoms with Crippen molar-refractivity contribution >= 4 is 17.5 Å². The van der Waals surface area contributed by atoms with Gasteiger partial charge in [0, 0.05) is 18.1 Å². The molecule has 1 rings (SSSR count). The van der Waals surface area contributed by atoms with Crippen molar-refractivity contribution in [2.24, 2.45) is 5.73 Å². The van der Waals surface area contributed by atoms with Crippen LogP contribution >= 0.6 is 11.6 Å². The molecule has 0 saturated carbocycles. The van der Waals surface area contributed by atoms with E-state index in [-0.39, 0.29) is 5.91 Å². The maximum absolute atomic E-state index is 11.7. The predicted molar refractivity (Wildman–Crippen MR) is 64.1 cm³/mol. The Bertz CT molecular complexity index is 394. The summed E-state index contributed by atoms with van der Waals surface area (Å²) in [4.78, 5) is 11.7. The molecule has 16 heavy (non-hydrogen) atoms. The fourth-order valence-corrected chi connectivity index (χ4v) is 1.45. The topological polar surface area (TPSA) is 64.3 Å². The number of nitrogens with two attached hydrogens (primary N) is 1. The van der Waals surface area contributed by atoms with E-state index >= 15 is 0 Å². The van der Waals surface area contributed by atoms with E-state index in [0.717, 1.165) is 5.56 Å². The average molecular weight is 243 g/mol. The first-order valence-electron chi connectivity index (χ1n) is 4.92. The van der Waals surface area contributed by atoms with Crippen LogP contribution in [0.5, 0.6) is 5.75 Å². The van der Waals surface area contributed by atoms with E-state index in [1.54, 1.807) is 12.1 Å². The van der Waals surface area contributed by atoms with Gasteiger partial charge in [0.25, 0.3) is 5.91 Å². The number of carbonyl (C=O) groups excluding carboxylic acids is 1. The van der Waals surface area contributed by atoms with Crippen LogP contribution in [0.15, 0.2) is 12.1 Å². The quantitative estimate of drug-likeness (QED) is 0.838. The molecule has 5 heteroatoms. The lowest BCUT2D eigenvalue weighted by molar-refractivity contribution is 0.0951. The second kappa shape index (κ2) is 5.72. The number of rotatable bonds is 4. The van der Waals surface area contributed by atoms with Gasteiger partial charge in [-0.1, -0.05) is 11.6 Å². The number of aryl methyl sites for hydroxylation is 1. The van der Waals surface area contributed by atoms with E-state index in [0.29, 0.717) is 29.4 Å². The molecule has 0 atom stereocenters. The molecule has 0 unspecified atom stereocenters. The minimum Gasteiger partial charge on any atom is -0.496 e. The molecule has 1 amide bonds. The summed E-state index contributed by atoms with van der Waals surface area (Å²) >= 11 is 5.96. The fourth-order valence-electron chi connectivity index (χ4n) is 1.28. The van der Waals surface area contributed by atoms with Crippen molar-refractivity contribution in [1.82, 2.24) is 5.32 Å². The van der Waals surface area contributed by atoms with Gasteiger partial charge in [0.15, 0.2) is 0 Å². The summed E-state index contributed by atoms with van der Waals surface area (Å²) in [5.41, 5.74) is 6.60. The number of amides is 1. The maximum Gasteiger partial charge on any atom is 0.255 e. The van der Waals surface area contributed by atoms with Gasteiger partial charge in [-0.2, -0.15) is 0 Å². The minimum atomic E-state index is -0.232. The molecule has 0 aliphatic heterocycles.